The molecule has 154 valence electrons. The quantitative estimate of drug-likeness (QED) is 0.647. The summed E-state index contributed by atoms with van der Waals surface area (Å²) in [6.07, 6.45) is 8.31. The number of pyridine rings is 1. The third kappa shape index (κ3) is 5.56. The number of nitrogens with one attached hydrogen (secondary N) is 2. The second kappa shape index (κ2) is 10.4. The molecule has 2 atom stereocenters. The monoisotopic (exact) mass is 433 g/mol. The molecule has 0 saturated carbocycles. The summed E-state index contributed by atoms with van der Waals surface area (Å²) >= 11 is 0. The molecule has 1 fully saturated rings. The van der Waals surface area contributed by atoms with Gasteiger partial charge in [0.05, 0.1) is 12.1 Å². The average molecular weight is 434 g/mol. The number of rotatable bonds is 5. The van der Waals surface area contributed by atoms with Crippen LogP contribution in [0.4, 0.5) is 5.69 Å². The van der Waals surface area contributed by atoms with Gasteiger partial charge in [-0.15, -0.1) is 24.8 Å². The Morgan fingerprint density at radius 3 is 2.45 bits per heavy atom. The number of nitrogens with zero attached hydrogens (tertiary/aromatic N) is 3. The van der Waals surface area contributed by atoms with Crippen LogP contribution in [0.2, 0.25) is 0 Å². The van der Waals surface area contributed by atoms with Crippen molar-refractivity contribution >= 4 is 36.4 Å². The van der Waals surface area contributed by atoms with Crippen molar-refractivity contribution in [3.8, 4) is 0 Å². The molecule has 0 unspecified atom stereocenters. The fourth-order valence-corrected chi connectivity index (χ4v) is 3.61. The van der Waals surface area contributed by atoms with Crippen molar-refractivity contribution < 1.29 is 4.79 Å². The van der Waals surface area contributed by atoms with E-state index in [-0.39, 0.29) is 42.6 Å². The Labute approximate surface area is 182 Å². The third-order valence-electron chi connectivity index (χ3n) is 5.08. The van der Waals surface area contributed by atoms with Gasteiger partial charge in [0.25, 0.3) is 0 Å². The minimum atomic E-state index is -0.0919. The van der Waals surface area contributed by atoms with Gasteiger partial charge in [-0.05, 0) is 47.4 Å². The summed E-state index contributed by atoms with van der Waals surface area (Å²) < 4.78 is 1.78. The van der Waals surface area contributed by atoms with Crippen LogP contribution < -0.4 is 10.6 Å². The van der Waals surface area contributed by atoms with E-state index < -0.39 is 0 Å². The summed E-state index contributed by atoms with van der Waals surface area (Å²) in [5, 5.41) is 10.6. The molecule has 1 aliphatic heterocycles. The number of hydrogen-bond acceptors (Lipinski definition) is 4. The lowest BCUT2D eigenvalue weighted by molar-refractivity contribution is -0.119. The molecule has 0 spiro atoms. The highest BCUT2D eigenvalue weighted by atomic mass is 35.5. The summed E-state index contributed by atoms with van der Waals surface area (Å²) in [4.78, 5) is 16.8. The molecule has 1 aliphatic rings. The molecule has 0 bridgehead atoms. The molecule has 8 heteroatoms. The molecular weight excluding hydrogens is 409 g/mol. The van der Waals surface area contributed by atoms with Gasteiger partial charge in [0.1, 0.15) is 0 Å². The Hall–Kier alpha value is -2.41. The smallest absolute Gasteiger partial charge is 0.229 e. The van der Waals surface area contributed by atoms with Gasteiger partial charge in [-0.25, -0.2) is 0 Å². The van der Waals surface area contributed by atoms with E-state index in [2.05, 4.69) is 32.8 Å². The Balaban J connectivity index is 0.00000150. The Kier molecular flexibility index (Phi) is 8.20. The van der Waals surface area contributed by atoms with Gasteiger partial charge in [0.2, 0.25) is 5.91 Å². The molecule has 0 radical (unpaired) electrons. The lowest BCUT2D eigenvalue weighted by atomic mass is 9.90. The van der Waals surface area contributed by atoms with Crippen molar-refractivity contribution in [2.45, 2.75) is 12.3 Å². The average Bonchev–Trinajstić information content (AvgIpc) is 3.33. The lowest BCUT2D eigenvalue weighted by Gasteiger charge is -2.17. The van der Waals surface area contributed by atoms with Crippen LogP contribution in [0.5, 0.6) is 0 Å². The molecule has 1 aromatic carbocycles. The van der Waals surface area contributed by atoms with E-state index in [1.165, 1.54) is 11.1 Å². The van der Waals surface area contributed by atoms with Crippen LogP contribution in [0.15, 0.2) is 61.2 Å². The van der Waals surface area contributed by atoms with Gasteiger partial charge in [-0.3, -0.25) is 14.5 Å². The predicted octanol–water partition coefficient (Wildman–Crippen LogP) is 3.19. The van der Waals surface area contributed by atoms with Gasteiger partial charge in [0, 0.05) is 50.3 Å². The van der Waals surface area contributed by atoms with Gasteiger partial charge in [-0.1, -0.05) is 12.1 Å². The van der Waals surface area contributed by atoms with Crippen LogP contribution in [-0.2, 0) is 18.3 Å². The highest BCUT2D eigenvalue weighted by molar-refractivity contribution is 5.93. The second-order valence-corrected chi connectivity index (χ2v) is 7.04. The number of aryl methyl sites for hydroxylation is 1. The Bertz CT molecular complexity index is 914. The molecule has 6 nitrogen and oxygen atoms in total. The standard InChI is InChI=1S/C21H23N5O.2ClH/c1-26-14-17(11-24-26)19-12-23-13-20(19)21(27)25-18-4-2-15(3-5-18)10-16-6-8-22-9-7-16;;/h2-9,11,14,19-20,23H,10,12-13H2,1H3,(H,25,27);2*1H/t19-,20+;;/m1../s1. The molecule has 3 heterocycles. The van der Waals surface area contributed by atoms with Crippen LogP contribution in [0.1, 0.15) is 22.6 Å². The number of benzene rings is 1. The number of carbonyl (C=O) groups excluding carboxylic acids is 1. The van der Waals surface area contributed by atoms with Crippen LogP contribution in [0.25, 0.3) is 0 Å². The highest BCUT2D eigenvalue weighted by Gasteiger charge is 2.34. The number of amides is 1. The van der Waals surface area contributed by atoms with Crippen LogP contribution in [0, 0.1) is 5.92 Å². The largest absolute Gasteiger partial charge is 0.326 e. The summed E-state index contributed by atoms with van der Waals surface area (Å²) in [7, 11) is 1.90. The van der Waals surface area contributed by atoms with Crippen molar-refractivity contribution in [2.75, 3.05) is 18.4 Å². The zero-order valence-electron chi connectivity index (χ0n) is 16.1. The molecule has 0 aliphatic carbocycles. The fourth-order valence-electron chi connectivity index (χ4n) is 3.61. The second-order valence-electron chi connectivity index (χ2n) is 7.04. The summed E-state index contributed by atoms with van der Waals surface area (Å²) in [6, 6.07) is 12.1. The SMILES string of the molecule is Cl.Cl.Cn1cc([C@H]2CNC[C@@H]2C(=O)Nc2ccc(Cc3ccncc3)cc2)cn1. The van der Waals surface area contributed by atoms with Gasteiger partial charge < -0.3 is 10.6 Å². The zero-order chi connectivity index (χ0) is 18.6. The van der Waals surface area contributed by atoms with E-state index in [1.54, 1.807) is 17.1 Å². The number of halogens is 2. The Morgan fingerprint density at radius 2 is 1.79 bits per heavy atom. The predicted molar refractivity (Wildman–Crippen MR) is 119 cm³/mol. The molecule has 4 rings (SSSR count). The van der Waals surface area contributed by atoms with Gasteiger partial charge in [0.15, 0.2) is 0 Å². The molecule has 29 heavy (non-hydrogen) atoms. The van der Waals surface area contributed by atoms with E-state index in [9.17, 15) is 4.79 Å². The molecule has 3 aromatic rings. The minimum absolute atomic E-state index is 0. The molecule has 1 saturated heterocycles. The Morgan fingerprint density at radius 1 is 1.10 bits per heavy atom. The first-order chi connectivity index (χ1) is 13.2. The van der Waals surface area contributed by atoms with Crippen molar-refractivity contribution in [1.82, 2.24) is 20.1 Å². The van der Waals surface area contributed by atoms with E-state index in [0.29, 0.717) is 6.54 Å². The number of aromatic nitrogens is 3. The minimum Gasteiger partial charge on any atom is -0.326 e. The number of carbonyl (C=O) groups is 1. The molecular formula is C21H25Cl2N5O. The maximum Gasteiger partial charge on any atom is 0.229 e. The molecule has 1 amide bonds. The summed E-state index contributed by atoms with van der Waals surface area (Å²) in [6.45, 7) is 1.49. The molecule has 2 N–H and O–H groups in total. The van der Waals surface area contributed by atoms with Gasteiger partial charge in [-0.2, -0.15) is 5.10 Å². The normalized spacial score (nSPS) is 17.8. The fraction of sp³-hybridized carbons (Fsp3) is 0.286. The van der Waals surface area contributed by atoms with E-state index in [1.807, 2.05) is 43.7 Å². The van der Waals surface area contributed by atoms with Crippen molar-refractivity contribution in [1.29, 1.82) is 0 Å². The van der Waals surface area contributed by atoms with E-state index >= 15 is 0 Å². The van der Waals surface area contributed by atoms with Gasteiger partial charge >= 0.3 is 0 Å². The first kappa shape index (κ1) is 22.9. The topological polar surface area (TPSA) is 71.8 Å². The van der Waals surface area contributed by atoms with Crippen molar-refractivity contribution in [3.05, 3.63) is 77.9 Å². The lowest BCUT2D eigenvalue weighted by Crippen LogP contribution is -2.28. The molecule has 2 aromatic heterocycles. The van der Waals surface area contributed by atoms with Crippen LogP contribution in [0.3, 0.4) is 0 Å². The number of hydrogen-bond donors (Lipinski definition) is 2. The maximum absolute atomic E-state index is 12.8. The van der Waals surface area contributed by atoms with E-state index in [0.717, 1.165) is 24.2 Å². The first-order valence-electron chi connectivity index (χ1n) is 9.17. The van der Waals surface area contributed by atoms with Crippen LogP contribution >= 0.6 is 24.8 Å². The van der Waals surface area contributed by atoms with Crippen molar-refractivity contribution in [3.63, 3.8) is 0 Å². The summed E-state index contributed by atoms with van der Waals surface area (Å²) in [5.41, 5.74) is 4.36. The highest BCUT2D eigenvalue weighted by Crippen LogP contribution is 2.29. The first-order valence-corrected chi connectivity index (χ1v) is 9.17. The number of anilines is 1. The third-order valence-corrected chi connectivity index (χ3v) is 5.08. The maximum atomic E-state index is 12.8. The van der Waals surface area contributed by atoms with E-state index in [4.69, 9.17) is 0 Å². The summed E-state index contributed by atoms with van der Waals surface area (Å²) in [5.74, 6) is 0.117. The van der Waals surface area contributed by atoms with Crippen molar-refractivity contribution in [2.24, 2.45) is 13.0 Å². The van der Waals surface area contributed by atoms with Crippen LogP contribution in [-0.4, -0.2) is 33.8 Å². The zero-order valence-corrected chi connectivity index (χ0v) is 17.7.